The lowest BCUT2D eigenvalue weighted by Crippen LogP contribution is -2.16. The number of hydrogen-bond donors (Lipinski definition) is 2. The van der Waals surface area contributed by atoms with E-state index in [1.165, 1.54) is 38.6 Å². The molecule has 2 N–H and O–H groups in total. The predicted octanol–water partition coefficient (Wildman–Crippen LogP) is 6.14. The number of amides is 1. The summed E-state index contributed by atoms with van der Waals surface area (Å²) >= 11 is 0. The molecule has 0 aliphatic rings. The number of hydrogen-bond acceptors (Lipinski definition) is 6. The van der Waals surface area contributed by atoms with E-state index >= 15 is 0 Å². The number of carbonyl (C=O) groups is 2. The molecule has 1 rings (SSSR count). The van der Waals surface area contributed by atoms with Crippen molar-refractivity contribution in [3.63, 3.8) is 0 Å². The number of allylic oxidation sites excluding steroid dienone is 5. The van der Waals surface area contributed by atoms with Crippen molar-refractivity contribution in [2.45, 2.75) is 78.6 Å². The lowest BCUT2D eigenvalue weighted by atomic mass is 9.99. The minimum Gasteiger partial charge on any atom is -0.507 e. The van der Waals surface area contributed by atoms with Crippen LogP contribution in [-0.4, -0.2) is 24.1 Å². The highest BCUT2D eigenvalue weighted by Crippen LogP contribution is 2.26. The summed E-state index contributed by atoms with van der Waals surface area (Å²) in [7, 11) is 1.28. The molecule has 7 nitrogen and oxygen atoms in total. The van der Waals surface area contributed by atoms with Gasteiger partial charge in [0.15, 0.2) is 5.78 Å². The maximum absolute atomic E-state index is 12.7. The van der Waals surface area contributed by atoms with Gasteiger partial charge in [0.1, 0.15) is 17.1 Å². The second-order valence-corrected chi connectivity index (χ2v) is 8.22. The van der Waals surface area contributed by atoms with Crippen LogP contribution in [0.1, 0.15) is 94.7 Å². The van der Waals surface area contributed by atoms with Gasteiger partial charge < -0.3 is 14.3 Å². The minimum absolute atomic E-state index is 0.176. The van der Waals surface area contributed by atoms with Crippen molar-refractivity contribution < 1.29 is 23.8 Å². The number of unbranched alkanes of at least 4 members (excludes halogenated alkanes) is 3. The molecule has 0 saturated heterocycles. The van der Waals surface area contributed by atoms with Gasteiger partial charge in [0, 0.05) is 18.2 Å². The SMILES string of the molecule is CCCCCC/C(C)=C/C=C(\C)C(=O)c1c(O)cc(C(C)CC/C=C/NC(=O)OC)oc1=O. The average Bonchev–Trinajstić information content (AvgIpc) is 2.78. The number of rotatable bonds is 13. The van der Waals surface area contributed by atoms with Crippen LogP contribution in [0.2, 0.25) is 0 Å². The van der Waals surface area contributed by atoms with Crippen molar-refractivity contribution in [1.29, 1.82) is 0 Å². The van der Waals surface area contributed by atoms with E-state index in [-0.39, 0.29) is 17.2 Å². The molecule has 1 amide bonds. The average molecular weight is 460 g/mol. The number of aromatic hydroxyl groups is 1. The molecule has 1 atom stereocenters. The fourth-order valence-electron chi connectivity index (χ4n) is 3.16. The van der Waals surface area contributed by atoms with E-state index < -0.39 is 17.5 Å². The first-order chi connectivity index (χ1) is 15.7. The molecule has 0 radical (unpaired) electrons. The molecule has 0 fully saturated rings. The van der Waals surface area contributed by atoms with Crippen LogP contribution >= 0.6 is 0 Å². The van der Waals surface area contributed by atoms with Crippen molar-refractivity contribution in [2.24, 2.45) is 0 Å². The Labute approximate surface area is 196 Å². The van der Waals surface area contributed by atoms with Gasteiger partial charge in [-0.2, -0.15) is 0 Å². The van der Waals surface area contributed by atoms with Crippen molar-refractivity contribution in [2.75, 3.05) is 7.11 Å². The van der Waals surface area contributed by atoms with Crippen molar-refractivity contribution >= 4 is 11.9 Å². The van der Waals surface area contributed by atoms with Gasteiger partial charge >= 0.3 is 11.7 Å². The van der Waals surface area contributed by atoms with Gasteiger partial charge in [-0.3, -0.25) is 10.1 Å². The minimum atomic E-state index is -0.849. The highest BCUT2D eigenvalue weighted by molar-refractivity contribution is 6.09. The van der Waals surface area contributed by atoms with Crippen LogP contribution < -0.4 is 10.9 Å². The highest BCUT2D eigenvalue weighted by Gasteiger charge is 2.21. The van der Waals surface area contributed by atoms with Crippen LogP contribution in [0.15, 0.2) is 50.9 Å². The van der Waals surface area contributed by atoms with Gasteiger partial charge in [0.05, 0.1) is 7.11 Å². The smallest absolute Gasteiger partial charge is 0.410 e. The fraction of sp³-hybridized carbons (Fsp3) is 0.500. The lowest BCUT2D eigenvalue weighted by Gasteiger charge is -2.11. The highest BCUT2D eigenvalue weighted by atomic mass is 16.5. The van der Waals surface area contributed by atoms with E-state index in [4.69, 9.17) is 4.42 Å². The lowest BCUT2D eigenvalue weighted by molar-refractivity contribution is 0.102. The number of Topliss-reactive ketones (excluding diaryl/α,β-unsaturated/α-hetero) is 1. The van der Waals surface area contributed by atoms with E-state index in [2.05, 4.69) is 17.0 Å². The van der Waals surface area contributed by atoms with Gasteiger partial charge in [-0.05, 0) is 45.1 Å². The Hall–Kier alpha value is -3.09. The number of ketones is 1. The van der Waals surface area contributed by atoms with Crippen molar-refractivity contribution in [3.8, 4) is 5.75 Å². The summed E-state index contributed by atoms with van der Waals surface area (Å²) in [5.41, 5.74) is 0.317. The van der Waals surface area contributed by atoms with E-state index in [0.717, 1.165) is 18.4 Å². The zero-order valence-corrected chi connectivity index (χ0v) is 20.4. The monoisotopic (exact) mass is 459 g/mol. The third-order valence-electron chi connectivity index (χ3n) is 5.33. The maximum Gasteiger partial charge on any atom is 0.410 e. The second-order valence-electron chi connectivity index (χ2n) is 8.22. The maximum atomic E-state index is 12.7. The molecule has 0 saturated carbocycles. The summed E-state index contributed by atoms with van der Waals surface area (Å²) in [5, 5.41) is 12.8. The summed E-state index contributed by atoms with van der Waals surface area (Å²) in [5.74, 6) is -0.806. The molecule has 0 aliphatic heterocycles. The molecule has 0 aromatic carbocycles. The molecule has 1 unspecified atom stereocenters. The van der Waals surface area contributed by atoms with Crippen LogP contribution in [0.3, 0.4) is 0 Å². The molecule has 182 valence electrons. The molecule has 7 heteroatoms. The quantitative estimate of drug-likeness (QED) is 0.159. The zero-order chi connectivity index (χ0) is 24.8. The van der Waals surface area contributed by atoms with Gasteiger partial charge in [-0.1, -0.05) is 56.9 Å². The normalized spacial score (nSPS) is 13.2. The summed E-state index contributed by atoms with van der Waals surface area (Å²) < 4.78 is 9.80. The van der Waals surface area contributed by atoms with E-state index in [1.54, 1.807) is 19.1 Å². The van der Waals surface area contributed by atoms with E-state index in [1.807, 2.05) is 19.9 Å². The third kappa shape index (κ3) is 9.93. The molecule has 0 bridgehead atoms. The van der Waals surface area contributed by atoms with Crippen LogP contribution in [0.5, 0.6) is 5.75 Å². The summed E-state index contributed by atoms with van der Waals surface area (Å²) in [6.45, 7) is 7.65. The Morgan fingerprint density at radius 2 is 1.94 bits per heavy atom. The van der Waals surface area contributed by atoms with E-state index in [9.17, 15) is 19.5 Å². The Bertz CT molecular complexity index is 939. The molecule has 0 aliphatic carbocycles. The van der Waals surface area contributed by atoms with Gasteiger partial charge in [-0.25, -0.2) is 9.59 Å². The summed E-state index contributed by atoms with van der Waals surface area (Å²) in [4.78, 5) is 36.2. The van der Waals surface area contributed by atoms with Gasteiger partial charge in [-0.15, -0.1) is 0 Å². The largest absolute Gasteiger partial charge is 0.507 e. The zero-order valence-electron chi connectivity index (χ0n) is 20.4. The molecule has 1 aromatic heterocycles. The Morgan fingerprint density at radius 3 is 2.58 bits per heavy atom. The van der Waals surface area contributed by atoms with Gasteiger partial charge in [0.25, 0.3) is 0 Å². The summed E-state index contributed by atoms with van der Waals surface area (Å²) in [6.07, 6.45) is 13.1. The number of methoxy groups -OCH3 is 1. The molecule has 33 heavy (non-hydrogen) atoms. The van der Waals surface area contributed by atoms with Crippen LogP contribution in [0.25, 0.3) is 0 Å². The molecule has 1 heterocycles. The molecular formula is C26H37NO6. The Morgan fingerprint density at radius 1 is 1.21 bits per heavy atom. The van der Waals surface area contributed by atoms with Crippen LogP contribution in [0, 0.1) is 0 Å². The second kappa shape index (κ2) is 14.9. The number of carbonyl (C=O) groups excluding carboxylic acids is 2. The number of alkyl carbamates (subject to hydrolysis) is 1. The van der Waals surface area contributed by atoms with Gasteiger partial charge in [0.2, 0.25) is 0 Å². The Balaban J connectivity index is 2.82. The van der Waals surface area contributed by atoms with Crippen LogP contribution in [-0.2, 0) is 4.74 Å². The number of ether oxygens (including phenoxy) is 1. The first-order valence-corrected chi connectivity index (χ1v) is 11.5. The number of nitrogens with one attached hydrogen (secondary N) is 1. The topological polar surface area (TPSA) is 106 Å². The van der Waals surface area contributed by atoms with Crippen LogP contribution in [0.4, 0.5) is 4.79 Å². The first-order valence-electron chi connectivity index (χ1n) is 11.5. The molecular weight excluding hydrogens is 422 g/mol. The fourth-order valence-corrected chi connectivity index (χ4v) is 3.16. The van der Waals surface area contributed by atoms with Crippen molar-refractivity contribution in [1.82, 2.24) is 5.32 Å². The molecule has 1 aromatic rings. The predicted molar refractivity (Wildman–Crippen MR) is 130 cm³/mol. The summed E-state index contributed by atoms with van der Waals surface area (Å²) in [6, 6.07) is 1.33. The third-order valence-corrected chi connectivity index (χ3v) is 5.33. The first kappa shape index (κ1) is 27.9. The molecule has 0 spiro atoms. The Kier molecular flexibility index (Phi) is 12.6. The van der Waals surface area contributed by atoms with E-state index in [0.29, 0.717) is 24.2 Å². The standard InChI is InChI=1S/C26H37NO6/c1-6-7-8-9-12-18(2)14-15-20(4)24(29)23-21(28)17-22(33-25(23)30)19(3)13-10-11-16-27-26(31)32-5/h11,14-17,19,28H,6-10,12-13H2,1-5H3,(H,27,31)/b16-11+,18-14+,20-15+. The van der Waals surface area contributed by atoms with Crippen molar-refractivity contribution in [3.05, 3.63) is 63.4 Å².